The van der Waals surface area contributed by atoms with Gasteiger partial charge in [0.1, 0.15) is 5.82 Å². The predicted octanol–water partition coefficient (Wildman–Crippen LogP) is 4.15. The van der Waals surface area contributed by atoms with Crippen molar-refractivity contribution in [3.05, 3.63) is 70.4 Å². The number of carbonyl (C=O) groups is 2. The van der Waals surface area contributed by atoms with E-state index in [0.29, 0.717) is 22.3 Å². The molecular weight excluding hydrogens is 355 g/mol. The summed E-state index contributed by atoms with van der Waals surface area (Å²) in [5.74, 6) is -1.51. The average Bonchev–Trinajstić information content (AvgIpc) is 2.92. The van der Waals surface area contributed by atoms with Gasteiger partial charge in [0.2, 0.25) is 0 Å². The first-order chi connectivity index (χ1) is 12.5. The first-order valence-electron chi connectivity index (χ1n) is 7.87. The van der Waals surface area contributed by atoms with Crippen molar-refractivity contribution in [2.24, 2.45) is 4.99 Å². The maximum atomic E-state index is 13.0. The lowest BCUT2D eigenvalue weighted by Crippen LogP contribution is -2.28. The first-order valence-corrected chi connectivity index (χ1v) is 8.68. The first kappa shape index (κ1) is 17.9. The molecular formula is C19H15FN2O3S. The van der Waals surface area contributed by atoms with Gasteiger partial charge in [0, 0.05) is 6.54 Å². The Hall–Kier alpha value is -2.93. The smallest absolute Gasteiger partial charge is 0.335 e. The van der Waals surface area contributed by atoms with E-state index in [9.17, 15) is 14.0 Å². The minimum atomic E-state index is -0.999. The molecule has 0 bridgehead atoms. The van der Waals surface area contributed by atoms with E-state index in [1.807, 2.05) is 6.92 Å². The summed E-state index contributed by atoms with van der Waals surface area (Å²) >= 11 is 1.23. The predicted molar refractivity (Wildman–Crippen MR) is 99.9 cm³/mol. The Labute approximate surface area is 153 Å². The highest BCUT2D eigenvalue weighted by Crippen LogP contribution is 2.34. The Morgan fingerprint density at radius 1 is 1.19 bits per heavy atom. The van der Waals surface area contributed by atoms with Crippen LogP contribution in [0.3, 0.4) is 0 Å². The molecule has 0 aromatic heterocycles. The number of carboxylic acids is 1. The topological polar surface area (TPSA) is 70.0 Å². The number of aromatic carboxylic acids is 1. The van der Waals surface area contributed by atoms with Gasteiger partial charge in [-0.05, 0) is 66.7 Å². The third-order valence-electron chi connectivity index (χ3n) is 3.71. The summed E-state index contributed by atoms with van der Waals surface area (Å²) in [6.07, 6.45) is 1.70. The van der Waals surface area contributed by atoms with E-state index in [0.717, 1.165) is 5.56 Å². The molecule has 2 aromatic rings. The van der Waals surface area contributed by atoms with Crippen molar-refractivity contribution in [3.8, 4) is 0 Å². The van der Waals surface area contributed by atoms with Crippen molar-refractivity contribution in [1.29, 1.82) is 0 Å². The van der Waals surface area contributed by atoms with E-state index >= 15 is 0 Å². The SMILES string of the molecule is CCN1C(=O)C(=Cc2ccc(C(=O)O)cc2)SC1=Nc1ccc(F)cc1. The van der Waals surface area contributed by atoms with Crippen LogP contribution in [0.25, 0.3) is 6.08 Å². The number of carboxylic acid groups (broad SMARTS) is 1. The molecule has 1 fully saturated rings. The number of hydrogen-bond donors (Lipinski definition) is 1. The Kier molecular flexibility index (Phi) is 5.18. The van der Waals surface area contributed by atoms with Gasteiger partial charge < -0.3 is 5.11 Å². The lowest BCUT2D eigenvalue weighted by molar-refractivity contribution is -0.122. The van der Waals surface area contributed by atoms with E-state index in [4.69, 9.17) is 5.11 Å². The van der Waals surface area contributed by atoms with Crippen LogP contribution in [0, 0.1) is 5.82 Å². The Morgan fingerprint density at radius 2 is 1.85 bits per heavy atom. The van der Waals surface area contributed by atoms with Crippen LogP contribution in [-0.2, 0) is 4.79 Å². The van der Waals surface area contributed by atoms with Crippen LogP contribution < -0.4 is 0 Å². The molecule has 26 heavy (non-hydrogen) atoms. The average molecular weight is 370 g/mol. The van der Waals surface area contributed by atoms with Crippen LogP contribution in [0.4, 0.5) is 10.1 Å². The second-order valence-electron chi connectivity index (χ2n) is 5.46. The van der Waals surface area contributed by atoms with Gasteiger partial charge >= 0.3 is 5.97 Å². The summed E-state index contributed by atoms with van der Waals surface area (Å²) in [6.45, 7) is 2.31. The summed E-state index contributed by atoms with van der Waals surface area (Å²) in [5.41, 5.74) is 1.48. The third-order valence-corrected chi connectivity index (χ3v) is 4.72. The normalized spacial score (nSPS) is 17.3. The number of aliphatic imine (C=N–C) groups is 1. The fourth-order valence-corrected chi connectivity index (χ4v) is 3.43. The monoisotopic (exact) mass is 370 g/mol. The molecule has 0 aliphatic carbocycles. The van der Waals surface area contributed by atoms with Crippen LogP contribution in [-0.4, -0.2) is 33.6 Å². The molecule has 1 aliphatic rings. The summed E-state index contributed by atoms with van der Waals surface area (Å²) < 4.78 is 13.0. The van der Waals surface area contributed by atoms with Gasteiger partial charge in [0.15, 0.2) is 5.17 Å². The Morgan fingerprint density at radius 3 is 2.42 bits per heavy atom. The van der Waals surface area contributed by atoms with E-state index in [1.165, 1.54) is 36.0 Å². The standard InChI is InChI=1S/C19H15FN2O3S/c1-2-22-17(23)16(11-12-3-5-13(6-4-12)18(24)25)26-19(22)21-15-9-7-14(20)8-10-15/h3-11H,2H2,1H3,(H,24,25). The molecule has 1 amide bonds. The highest BCUT2D eigenvalue weighted by molar-refractivity contribution is 8.18. The van der Waals surface area contributed by atoms with Crippen molar-refractivity contribution in [2.75, 3.05) is 6.54 Å². The van der Waals surface area contributed by atoms with Crippen LogP contribution in [0.15, 0.2) is 58.4 Å². The molecule has 5 nitrogen and oxygen atoms in total. The van der Waals surface area contributed by atoms with Gasteiger partial charge in [-0.15, -0.1) is 0 Å². The number of thioether (sulfide) groups is 1. The molecule has 7 heteroatoms. The molecule has 0 atom stereocenters. The van der Waals surface area contributed by atoms with Gasteiger partial charge in [-0.25, -0.2) is 14.2 Å². The molecule has 0 spiro atoms. The number of hydrogen-bond acceptors (Lipinski definition) is 4. The highest BCUT2D eigenvalue weighted by Gasteiger charge is 2.32. The van der Waals surface area contributed by atoms with Crippen molar-refractivity contribution >= 4 is 40.6 Å². The fourth-order valence-electron chi connectivity index (χ4n) is 2.37. The summed E-state index contributed by atoms with van der Waals surface area (Å²) in [6, 6.07) is 12.0. The van der Waals surface area contributed by atoms with Gasteiger partial charge in [0.05, 0.1) is 16.2 Å². The Balaban J connectivity index is 1.88. The number of amidine groups is 1. The minimum absolute atomic E-state index is 0.166. The van der Waals surface area contributed by atoms with E-state index in [-0.39, 0.29) is 17.3 Å². The zero-order chi connectivity index (χ0) is 18.7. The maximum Gasteiger partial charge on any atom is 0.335 e. The number of halogens is 1. The van der Waals surface area contributed by atoms with Crippen molar-refractivity contribution in [1.82, 2.24) is 4.90 Å². The minimum Gasteiger partial charge on any atom is -0.478 e. The Bertz CT molecular complexity index is 905. The number of carbonyl (C=O) groups excluding carboxylic acids is 1. The lowest BCUT2D eigenvalue weighted by atomic mass is 10.1. The largest absolute Gasteiger partial charge is 0.478 e. The van der Waals surface area contributed by atoms with Crippen LogP contribution in [0.5, 0.6) is 0 Å². The third kappa shape index (κ3) is 3.83. The molecule has 0 unspecified atom stereocenters. The quantitative estimate of drug-likeness (QED) is 0.821. The summed E-state index contributed by atoms with van der Waals surface area (Å²) in [5, 5.41) is 9.47. The highest BCUT2D eigenvalue weighted by atomic mass is 32.2. The van der Waals surface area contributed by atoms with E-state index in [2.05, 4.69) is 4.99 Å². The zero-order valence-corrected chi connectivity index (χ0v) is 14.7. The van der Waals surface area contributed by atoms with Gasteiger partial charge in [-0.3, -0.25) is 9.69 Å². The molecule has 2 aromatic carbocycles. The number of likely N-dealkylation sites (N-methyl/N-ethyl adjacent to an activating group) is 1. The maximum absolute atomic E-state index is 13.0. The zero-order valence-electron chi connectivity index (χ0n) is 13.8. The molecule has 1 saturated heterocycles. The molecule has 1 aliphatic heterocycles. The molecule has 0 radical (unpaired) electrons. The second kappa shape index (κ2) is 7.53. The molecule has 1 N–H and O–H groups in total. The van der Waals surface area contributed by atoms with Crippen LogP contribution in [0.1, 0.15) is 22.8 Å². The number of benzene rings is 2. The molecule has 0 saturated carbocycles. The second-order valence-corrected chi connectivity index (χ2v) is 6.47. The van der Waals surface area contributed by atoms with Gasteiger partial charge in [0.25, 0.3) is 5.91 Å². The van der Waals surface area contributed by atoms with Gasteiger partial charge in [-0.1, -0.05) is 12.1 Å². The number of rotatable bonds is 4. The van der Waals surface area contributed by atoms with Gasteiger partial charge in [-0.2, -0.15) is 0 Å². The van der Waals surface area contributed by atoms with Crippen LogP contribution in [0.2, 0.25) is 0 Å². The number of nitrogens with zero attached hydrogens (tertiary/aromatic N) is 2. The van der Waals surface area contributed by atoms with E-state index in [1.54, 1.807) is 35.2 Å². The van der Waals surface area contributed by atoms with Crippen molar-refractivity contribution < 1.29 is 19.1 Å². The van der Waals surface area contributed by atoms with Crippen molar-refractivity contribution in [2.45, 2.75) is 6.92 Å². The summed E-state index contributed by atoms with van der Waals surface area (Å²) in [4.78, 5) is 30.0. The molecule has 1 heterocycles. The molecule has 132 valence electrons. The van der Waals surface area contributed by atoms with Crippen molar-refractivity contribution in [3.63, 3.8) is 0 Å². The fraction of sp³-hybridized carbons (Fsp3) is 0.105. The number of amides is 1. The molecule has 3 rings (SSSR count). The summed E-state index contributed by atoms with van der Waals surface area (Å²) in [7, 11) is 0. The lowest BCUT2D eigenvalue weighted by Gasteiger charge is -2.11. The van der Waals surface area contributed by atoms with Crippen LogP contribution >= 0.6 is 11.8 Å². The van der Waals surface area contributed by atoms with E-state index < -0.39 is 5.97 Å².